The van der Waals surface area contributed by atoms with Crippen LogP contribution in [0.3, 0.4) is 0 Å². The third-order valence-corrected chi connectivity index (χ3v) is 3.78. The van der Waals surface area contributed by atoms with Crippen molar-refractivity contribution in [2.45, 2.75) is 16.5 Å². The molecule has 0 saturated carbocycles. The Morgan fingerprint density at radius 2 is 2.21 bits per heavy atom. The Hall–Kier alpha value is -1.63. The van der Waals surface area contributed by atoms with Gasteiger partial charge in [-0.1, -0.05) is 23.4 Å². The van der Waals surface area contributed by atoms with Crippen molar-refractivity contribution in [1.29, 1.82) is 0 Å². The molecule has 98 valence electrons. The number of hydrogen-bond acceptors (Lipinski definition) is 5. The molecule has 0 aliphatic heterocycles. The van der Waals surface area contributed by atoms with Gasteiger partial charge in [-0.05, 0) is 24.3 Å². The Bertz CT molecular complexity index is 622. The van der Waals surface area contributed by atoms with Gasteiger partial charge in [0.05, 0.1) is 22.1 Å². The van der Waals surface area contributed by atoms with Gasteiger partial charge >= 0.3 is 0 Å². The fraction of sp³-hybridized carbons (Fsp3) is 0.0833. The molecule has 1 heterocycles. The minimum atomic E-state index is -0.520. The third kappa shape index (κ3) is 3.23. The number of nitro groups is 1. The Morgan fingerprint density at radius 1 is 1.42 bits per heavy atom. The number of rotatable bonds is 4. The number of aliphatic hydroxyl groups is 1. The van der Waals surface area contributed by atoms with Crippen LogP contribution in [0.1, 0.15) is 5.56 Å². The number of aromatic nitrogens is 1. The van der Waals surface area contributed by atoms with E-state index in [2.05, 4.69) is 4.98 Å². The monoisotopic (exact) mass is 296 g/mol. The molecule has 1 aromatic carbocycles. The second-order valence-electron chi connectivity index (χ2n) is 3.60. The molecule has 0 spiro atoms. The van der Waals surface area contributed by atoms with Gasteiger partial charge < -0.3 is 5.11 Å². The van der Waals surface area contributed by atoms with Crippen molar-refractivity contribution in [1.82, 2.24) is 4.98 Å². The van der Waals surface area contributed by atoms with Gasteiger partial charge in [0.1, 0.15) is 5.03 Å². The molecule has 0 aliphatic rings. The summed E-state index contributed by atoms with van der Waals surface area (Å²) in [6.45, 7) is -0.388. The van der Waals surface area contributed by atoms with Gasteiger partial charge in [-0.15, -0.1) is 0 Å². The fourth-order valence-corrected chi connectivity index (χ4v) is 2.56. The van der Waals surface area contributed by atoms with E-state index in [-0.39, 0.29) is 17.9 Å². The van der Waals surface area contributed by atoms with E-state index in [1.807, 2.05) is 0 Å². The maximum Gasteiger partial charge on any atom is 0.274 e. The molecule has 19 heavy (non-hydrogen) atoms. The van der Waals surface area contributed by atoms with Crippen molar-refractivity contribution in [2.24, 2.45) is 0 Å². The summed E-state index contributed by atoms with van der Waals surface area (Å²) >= 11 is 7.28. The largest absolute Gasteiger partial charge is 0.391 e. The summed E-state index contributed by atoms with van der Waals surface area (Å²) in [6, 6.07) is 7.97. The van der Waals surface area contributed by atoms with E-state index in [4.69, 9.17) is 16.7 Å². The summed E-state index contributed by atoms with van der Waals surface area (Å²) in [7, 11) is 0. The van der Waals surface area contributed by atoms with Crippen molar-refractivity contribution in [3.63, 3.8) is 0 Å². The highest BCUT2D eigenvalue weighted by atomic mass is 35.5. The lowest BCUT2D eigenvalue weighted by Gasteiger charge is -2.05. The fourth-order valence-electron chi connectivity index (χ4n) is 1.49. The first-order valence-electron chi connectivity index (χ1n) is 5.28. The van der Waals surface area contributed by atoms with Crippen LogP contribution in [0.2, 0.25) is 5.02 Å². The zero-order chi connectivity index (χ0) is 13.8. The quantitative estimate of drug-likeness (QED) is 0.692. The maximum absolute atomic E-state index is 10.8. The first kappa shape index (κ1) is 13.8. The molecular formula is C12H9ClN2O3S. The highest BCUT2D eigenvalue weighted by Crippen LogP contribution is 2.33. The molecule has 0 radical (unpaired) electrons. The molecule has 0 saturated heterocycles. The van der Waals surface area contributed by atoms with Gasteiger partial charge in [0.2, 0.25) is 0 Å². The Kier molecular flexibility index (Phi) is 4.36. The normalized spacial score (nSPS) is 10.4. The number of pyridine rings is 1. The van der Waals surface area contributed by atoms with Crippen molar-refractivity contribution >= 4 is 29.1 Å². The van der Waals surface area contributed by atoms with E-state index < -0.39 is 4.92 Å². The van der Waals surface area contributed by atoms with Gasteiger partial charge in [-0.25, -0.2) is 4.98 Å². The molecule has 5 nitrogen and oxygen atoms in total. The van der Waals surface area contributed by atoms with Crippen LogP contribution in [0.4, 0.5) is 5.69 Å². The van der Waals surface area contributed by atoms with E-state index >= 15 is 0 Å². The van der Waals surface area contributed by atoms with Crippen LogP contribution in [0.25, 0.3) is 0 Å². The lowest BCUT2D eigenvalue weighted by molar-refractivity contribution is -0.385. The van der Waals surface area contributed by atoms with E-state index in [1.54, 1.807) is 30.5 Å². The lowest BCUT2D eigenvalue weighted by atomic mass is 10.2. The minimum Gasteiger partial charge on any atom is -0.391 e. The van der Waals surface area contributed by atoms with Crippen LogP contribution in [0.15, 0.2) is 46.5 Å². The number of aliphatic hydroxyl groups excluding tert-OH is 1. The molecule has 0 bridgehead atoms. The van der Waals surface area contributed by atoms with Gasteiger partial charge in [-0.2, -0.15) is 0 Å². The molecule has 0 unspecified atom stereocenters. The van der Waals surface area contributed by atoms with Crippen molar-refractivity contribution in [3.05, 3.63) is 57.2 Å². The van der Waals surface area contributed by atoms with Gasteiger partial charge in [0, 0.05) is 17.2 Å². The number of halogens is 1. The van der Waals surface area contributed by atoms with Crippen LogP contribution in [-0.2, 0) is 6.61 Å². The zero-order valence-corrected chi connectivity index (χ0v) is 11.2. The third-order valence-electron chi connectivity index (χ3n) is 2.36. The standard InChI is InChI=1S/C12H9ClN2O3S/c13-10-2-1-5-14-12(10)19-9-3-4-11(15(17)18)8(6-9)7-16/h1-6,16H,7H2. The molecule has 2 rings (SSSR count). The van der Waals surface area contributed by atoms with Gasteiger partial charge in [0.25, 0.3) is 5.69 Å². The summed E-state index contributed by atoms with van der Waals surface area (Å²) in [5, 5.41) is 21.0. The molecule has 0 atom stereocenters. The zero-order valence-electron chi connectivity index (χ0n) is 9.62. The van der Waals surface area contributed by atoms with Gasteiger partial charge in [-0.3, -0.25) is 10.1 Å². The Balaban J connectivity index is 2.32. The molecule has 0 fully saturated rings. The first-order chi connectivity index (χ1) is 9.11. The van der Waals surface area contributed by atoms with E-state index in [1.165, 1.54) is 17.8 Å². The lowest BCUT2D eigenvalue weighted by Crippen LogP contribution is -1.95. The van der Waals surface area contributed by atoms with Crippen LogP contribution < -0.4 is 0 Å². The first-order valence-corrected chi connectivity index (χ1v) is 6.48. The Morgan fingerprint density at radius 3 is 2.84 bits per heavy atom. The highest BCUT2D eigenvalue weighted by Gasteiger charge is 2.14. The van der Waals surface area contributed by atoms with Crippen LogP contribution in [-0.4, -0.2) is 15.0 Å². The molecule has 0 aliphatic carbocycles. The summed E-state index contributed by atoms with van der Waals surface area (Å²) < 4.78 is 0. The van der Waals surface area contributed by atoms with Gasteiger partial charge in [0.15, 0.2) is 0 Å². The molecule has 2 aromatic rings. The number of nitro benzene ring substituents is 1. The molecule has 1 N–H and O–H groups in total. The van der Waals surface area contributed by atoms with E-state index in [9.17, 15) is 10.1 Å². The number of nitrogens with zero attached hydrogens (tertiary/aromatic N) is 2. The minimum absolute atomic E-state index is 0.0982. The highest BCUT2D eigenvalue weighted by molar-refractivity contribution is 7.99. The summed E-state index contributed by atoms with van der Waals surface area (Å²) in [5.74, 6) is 0. The van der Waals surface area contributed by atoms with Crippen LogP contribution in [0, 0.1) is 10.1 Å². The summed E-state index contributed by atoms with van der Waals surface area (Å²) in [6.07, 6.45) is 1.62. The average Bonchev–Trinajstić information content (AvgIpc) is 2.41. The smallest absolute Gasteiger partial charge is 0.274 e. The van der Waals surface area contributed by atoms with E-state index in [0.717, 1.165) is 4.90 Å². The molecule has 1 aromatic heterocycles. The van der Waals surface area contributed by atoms with Crippen molar-refractivity contribution in [3.8, 4) is 0 Å². The number of benzene rings is 1. The topological polar surface area (TPSA) is 76.3 Å². The summed E-state index contributed by atoms with van der Waals surface area (Å²) in [4.78, 5) is 15.1. The molecular weight excluding hydrogens is 288 g/mol. The SMILES string of the molecule is O=[N+]([O-])c1ccc(Sc2ncccc2Cl)cc1CO. The average molecular weight is 297 g/mol. The van der Waals surface area contributed by atoms with Crippen molar-refractivity contribution < 1.29 is 10.0 Å². The van der Waals surface area contributed by atoms with E-state index in [0.29, 0.717) is 10.0 Å². The Labute approximate surface area is 118 Å². The van der Waals surface area contributed by atoms with Crippen LogP contribution in [0.5, 0.6) is 0 Å². The molecule has 7 heteroatoms. The number of hydrogen-bond donors (Lipinski definition) is 1. The second-order valence-corrected chi connectivity index (χ2v) is 5.07. The second kappa shape index (κ2) is 6.01. The predicted molar refractivity (Wildman–Crippen MR) is 72.4 cm³/mol. The maximum atomic E-state index is 10.8. The predicted octanol–water partition coefficient (Wildman–Crippen LogP) is 3.29. The summed E-state index contributed by atoms with van der Waals surface area (Å²) in [5.41, 5.74) is 0.168. The van der Waals surface area contributed by atoms with Crippen LogP contribution >= 0.6 is 23.4 Å². The molecule has 0 amide bonds. The van der Waals surface area contributed by atoms with Crippen molar-refractivity contribution in [2.75, 3.05) is 0 Å².